The molecule has 0 aliphatic heterocycles. The lowest BCUT2D eigenvalue weighted by Crippen LogP contribution is -2.33. The Bertz CT molecular complexity index is 343. The zero-order valence-electron chi connectivity index (χ0n) is 7.47. The summed E-state index contributed by atoms with van der Waals surface area (Å²) in [6.07, 6.45) is 0.845. The van der Waals surface area contributed by atoms with Crippen LogP contribution in [0.3, 0.4) is 0 Å². The Labute approximate surface area is 78.1 Å². The standard InChI is InChI=1S/C5H13NO5S2/c1-6(3-4-7)13(10,11)5-12(2,8)9/h7H,3-5H2,1-2H3. The molecule has 0 spiro atoms. The number of hydrogen-bond acceptors (Lipinski definition) is 5. The fourth-order valence-corrected chi connectivity index (χ4v) is 3.88. The molecule has 0 saturated heterocycles. The Morgan fingerprint density at radius 3 is 2.00 bits per heavy atom. The van der Waals surface area contributed by atoms with Crippen LogP contribution in [0.2, 0.25) is 0 Å². The molecule has 0 aromatic rings. The Morgan fingerprint density at radius 1 is 1.23 bits per heavy atom. The van der Waals surface area contributed by atoms with Crippen molar-refractivity contribution in [1.29, 1.82) is 0 Å². The minimum atomic E-state index is -3.79. The maximum absolute atomic E-state index is 11.2. The monoisotopic (exact) mass is 231 g/mol. The lowest BCUT2D eigenvalue weighted by molar-refractivity contribution is 0.267. The Balaban J connectivity index is 4.60. The van der Waals surface area contributed by atoms with Crippen molar-refractivity contribution in [3.8, 4) is 0 Å². The minimum Gasteiger partial charge on any atom is -0.395 e. The highest BCUT2D eigenvalue weighted by Gasteiger charge is 2.22. The van der Waals surface area contributed by atoms with Crippen molar-refractivity contribution in [3.05, 3.63) is 0 Å². The Hall–Kier alpha value is -0.180. The second-order valence-electron chi connectivity index (χ2n) is 2.70. The summed E-state index contributed by atoms with van der Waals surface area (Å²) in [7, 11) is -6.13. The molecule has 0 radical (unpaired) electrons. The van der Waals surface area contributed by atoms with E-state index >= 15 is 0 Å². The molecule has 0 fully saturated rings. The van der Waals surface area contributed by atoms with Crippen molar-refractivity contribution in [3.63, 3.8) is 0 Å². The predicted molar refractivity (Wildman–Crippen MR) is 48.3 cm³/mol. The summed E-state index contributed by atoms with van der Waals surface area (Å²) in [5.74, 6) is 0. The molecule has 80 valence electrons. The largest absolute Gasteiger partial charge is 0.395 e. The van der Waals surface area contributed by atoms with Crippen molar-refractivity contribution in [2.45, 2.75) is 0 Å². The van der Waals surface area contributed by atoms with Crippen molar-refractivity contribution in [2.24, 2.45) is 0 Å². The summed E-state index contributed by atoms with van der Waals surface area (Å²) >= 11 is 0. The van der Waals surface area contributed by atoms with Crippen molar-refractivity contribution >= 4 is 19.9 Å². The third-order valence-electron chi connectivity index (χ3n) is 1.25. The van der Waals surface area contributed by atoms with Crippen LogP contribution in [0.15, 0.2) is 0 Å². The van der Waals surface area contributed by atoms with Gasteiger partial charge in [-0.15, -0.1) is 0 Å². The van der Waals surface area contributed by atoms with Gasteiger partial charge in [0.05, 0.1) is 6.61 Å². The number of rotatable bonds is 5. The molecular weight excluding hydrogens is 218 g/mol. The molecule has 0 atom stereocenters. The summed E-state index contributed by atoms with van der Waals surface area (Å²) in [4.78, 5) is 0. The first kappa shape index (κ1) is 12.8. The van der Waals surface area contributed by atoms with Crippen LogP contribution < -0.4 is 0 Å². The average Bonchev–Trinajstić information content (AvgIpc) is 1.82. The number of nitrogens with zero attached hydrogens (tertiary/aromatic N) is 1. The summed E-state index contributed by atoms with van der Waals surface area (Å²) in [6.45, 7) is -0.433. The van der Waals surface area contributed by atoms with E-state index < -0.39 is 24.9 Å². The van der Waals surface area contributed by atoms with Crippen LogP contribution in [0, 0.1) is 0 Å². The Morgan fingerprint density at radius 2 is 1.69 bits per heavy atom. The summed E-state index contributed by atoms with van der Waals surface area (Å²) in [5.41, 5.74) is 0. The van der Waals surface area contributed by atoms with Gasteiger partial charge in [-0.05, 0) is 0 Å². The van der Waals surface area contributed by atoms with Gasteiger partial charge in [0, 0.05) is 19.8 Å². The summed E-state index contributed by atoms with van der Waals surface area (Å²) in [6, 6.07) is 0. The summed E-state index contributed by atoms with van der Waals surface area (Å²) < 4.78 is 44.5. The summed E-state index contributed by atoms with van der Waals surface area (Å²) in [5, 5.41) is 7.52. The molecule has 0 aliphatic carbocycles. The highest BCUT2D eigenvalue weighted by atomic mass is 32.3. The van der Waals surface area contributed by atoms with Crippen LogP contribution >= 0.6 is 0 Å². The molecule has 0 saturated carbocycles. The van der Waals surface area contributed by atoms with Crippen LogP contribution in [0.25, 0.3) is 0 Å². The van der Waals surface area contributed by atoms with Gasteiger partial charge in [-0.25, -0.2) is 21.1 Å². The number of aliphatic hydroxyl groups excluding tert-OH is 1. The number of likely N-dealkylation sites (N-methyl/N-ethyl adjacent to an activating group) is 1. The van der Waals surface area contributed by atoms with E-state index in [1.165, 1.54) is 7.05 Å². The van der Waals surface area contributed by atoms with E-state index in [2.05, 4.69) is 0 Å². The Kier molecular flexibility index (Phi) is 4.30. The highest BCUT2D eigenvalue weighted by molar-refractivity contribution is 8.06. The van der Waals surface area contributed by atoms with Gasteiger partial charge >= 0.3 is 0 Å². The second kappa shape index (κ2) is 4.36. The SMILES string of the molecule is CN(CCO)S(=O)(=O)CS(C)(=O)=O. The molecule has 1 N–H and O–H groups in total. The third-order valence-corrected chi connectivity index (χ3v) is 5.29. The fourth-order valence-electron chi connectivity index (χ4n) is 0.640. The molecule has 6 nitrogen and oxygen atoms in total. The predicted octanol–water partition coefficient (Wildman–Crippen LogP) is -1.76. The van der Waals surface area contributed by atoms with E-state index in [1.54, 1.807) is 0 Å². The molecule has 0 aromatic carbocycles. The average molecular weight is 231 g/mol. The van der Waals surface area contributed by atoms with Crippen LogP contribution in [-0.4, -0.2) is 57.8 Å². The van der Waals surface area contributed by atoms with Gasteiger partial charge in [0.15, 0.2) is 14.9 Å². The van der Waals surface area contributed by atoms with Gasteiger partial charge in [-0.2, -0.15) is 0 Å². The molecule has 0 aromatic heterocycles. The molecule has 0 rings (SSSR count). The number of aliphatic hydroxyl groups is 1. The zero-order chi connectivity index (χ0) is 10.7. The molecule has 0 aliphatic rings. The van der Waals surface area contributed by atoms with Gasteiger partial charge < -0.3 is 5.11 Å². The van der Waals surface area contributed by atoms with Crippen LogP contribution in [0.1, 0.15) is 0 Å². The molecule has 13 heavy (non-hydrogen) atoms. The van der Waals surface area contributed by atoms with E-state index in [1.807, 2.05) is 0 Å². The quantitative estimate of drug-likeness (QED) is 0.605. The van der Waals surface area contributed by atoms with Gasteiger partial charge in [-0.3, -0.25) is 0 Å². The minimum absolute atomic E-state index is 0.0994. The van der Waals surface area contributed by atoms with Crippen LogP contribution in [-0.2, 0) is 19.9 Å². The van der Waals surface area contributed by atoms with Crippen molar-refractivity contribution in [2.75, 3.05) is 31.5 Å². The number of sulfonamides is 1. The van der Waals surface area contributed by atoms with Gasteiger partial charge in [0.25, 0.3) is 0 Å². The zero-order valence-corrected chi connectivity index (χ0v) is 9.10. The smallest absolute Gasteiger partial charge is 0.228 e. The van der Waals surface area contributed by atoms with Crippen LogP contribution in [0.5, 0.6) is 0 Å². The van der Waals surface area contributed by atoms with Gasteiger partial charge in [0.2, 0.25) is 10.0 Å². The van der Waals surface area contributed by atoms with E-state index in [-0.39, 0.29) is 13.2 Å². The molecule has 0 unspecified atom stereocenters. The highest BCUT2D eigenvalue weighted by Crippen LogP contribution is 2.00. The maximum Gasteiger partial charge on any atom is 0.228 e. The number of sulfone groups is 1. The van der Waals surface area contributed by atoms with Crippen molar-refractivity contribution in [1.82, 2.24) is 4.31 Å². The third kappa shape index (κ3) is 5.19. The van der Waals surface area contributed by atoms with E-state index in [0.717, 1.165) is 10.6 Å². The van der Waals surface area contributed by atoms with Gasteiger partial charge in [-0.1, -0.05) is 0 Å². The van der Waals surface area contributed by atoms with E-state index in [4.69, 9.17) is 5.11 Å². The maximum atomic E-state index is 11.2. The molecule has 0 amide bonds. The molecule has 0 heterocycles. The molecule has 0 bridgehead atoms. The van der Waals surface area contributed by atoms with Gasteiger partial charge in [0.1, 0.15) is 0 Å². The fraction of sp³-hybridized carbons (Fsp3) is 1.00. The first-order valence-corrected chi connectivity index (χ1v) is 7.08. The molecular formula is C5H13NO5S2. The topological polar surface area (TPSA) is 91.8 Å². The lowest BCUT2D eigenvalue weighted by atomic mass is 10.7. The van der Waals surface area contributed by atoms with Crippen molar-refractivity contribution < 1.29 is 21.9 Å². The first-order chi connectivity index (χ1) is 5.69. The normalized spacial score (nSPS) is 13.5. The second-order valence-corrected chi connectivity index (χ2v) is 7.28. The first-order valence-electron chi connectivity index (χ1n) is 3.41. The van der Waals surface area contributed by atoms with E-state index in [9.17, 15) is 16.8 Å². The molecule has 8 heteroatoms. The lowest BCUT2D eigenvalue weighted by Gasteiger charge is -2.14. The van der Waals surface area contributed by atoms with E-state index in [0.29, 0.717) is 0 Å². The number of hydrogen-bond donors (Lipinski definition) is 1. The van der Waals surface area contributed by atoms with Crippen LogP contribution in [0.4, 0.5) is 0 Å².